The molecule has 2 saturated heterocycles. The van der Waals surface area contributed by atoms with E-state index < -0.39 is 0 Å². The summed E-state index contributed by atoms with van der Waals surface area (Å²) in [6.45, 7) is 4.70. The van der Waals surface area contributed by atoms with Gasteiger partial charge < -0.3 is 9.47 Å². The average Bonchev–Trinajstić information content (AvgIpc) is 3.18. The van der Waals surface area contributed by atoms with Crippen LogP contribution in [-0.2, 0) is 6.54 Å². The highest BCUT2D eigenvalue weighted by Crippen LogP contribution is 2.40. The number of ether oxygens (including phenoxy) is 2. The molecule has 4 rings (SSSR count). The van der Waals surface area contributed by atoms with Crippen molar-refractivity contribution < 1.29 is 9.47 Å². The topological polar surface area (TPSA) is 24.9 Å². The third kappa shape index (κ3) is 4.01. The van der Waals surface area contributed by atoms with E-state index in [0.29, 0.717) is 6.04 Å². The number of methoxy groups -OCH3 is 2. The molecule has 1 aliphatic carbocycles. The molecule has 0 spiro atoms. The van der Waals surface area contributed by atoms with Gasteiger partial charge in [-0.2, -0.15) is 0 Å². The van der Waals surface area contributed by atoms with Gasteiger partial charge in [0.15, 0.2) is 11.5 Å². The molecule has 27 heavy (non-hydrogen) atoms. The lowest BCUT2D eigenvalue weighted by atomic mass is 9.78. The van der Waals surface area contributed by atoms with Crippen LogP contribution in [0.3, 0.4) is 0 Å². The van der Waals surface area contributed by atoms with Crippen molar-refractivity contribution in [3.05, 3.63) is 22.2 Å². The molecule has 2 atom stereocenters. The van der Waals surface area contributed by atoms with Crippen LogP contribution in [-0.4, -0.2) is 55.7 Å². The van der Waals surface area contributed by atoms with Gasteiger partial charge in [0.1, 0.15) is 0 Å². The van der Waals surface area contributed by atoms with E-state index in [2.05, 4.69) is 37.9 Å². The summed E-state index contributed by atoms with van der Waals surface area (Å²) in [5, 5.41) is 0. The minimum atomic E-state index is 0.710. The molecular formula is C22H33BrN2O2. The fourth-order valence-electron chi connectivity index (χ4n) is 5.67. The molecule has 0 N–H and O–H groups in total. The Bertz CT molecular complexity index is 647. The first kappa shape index (κ1) is 19.5. The van der Waals surface area contributed by atoms with Gasteiger partial charge in [-0.25, -0.2) is 0 Å². The third-order valence-electron chi connectivity index (χ3n) is 6.96. The van der Waals surface area contributed by atoms with Crippen molar-refractivity contribution in [2.75, 3.05) is 33.9 Å². The maximum Gasteiger partial charge on any atom is 0.161 e. The van der Waals surface area contributed by atoms with E-state index in [1.54, 1.807) is 14.2 Å². The van der Waals surface area contributed by atoms with Gasteiger partial charge >= 0.3 is 0 Å². The Balaban J connectivity index is 1.59. The second-order valence-electron chi connectivity index (χ2n) is 8.40. The lowest BCUT2D eigenvalue weighted by Gasteiger charge is -2.49. The van der Waals surface area contributed by atoms with E-state index in [0.717, 1.165) is 34.5 Å². The Labute approximate surface area is 172 Å². The van der Waals surface area contributed by atoms with Crippen molar-refractivity contribution >= 4 is 15.9 Å². The quantitative estimate of drug-likeness (QED) is 0.667. The van der Waals surface area contributed by atoms with Gasteiger partial charge in [-0.05, 0) is 55.8 Å². The first-order valence-electron chi connectivity index (χ1n) is 10.6. The third-order valence-corrected chi connectivity index (χ3v) is 7.70. The number of nitrogens with zero attached hydrogens (tertiary/aromatic N) is 2. The van der Waals surface area contributed by atoms with Crippen LogP contribution in [0.25, 0.3) is 0 Å². The minimum absolute atomic E-state index is 0.710. The van der Waals surface area contributed by atoms with E-state index >= 15 is 0 Å². The molecule has 1 saturated carbocycles. The molecule has 3 fully saturated rings. The normalized spacial score (nSPS) is 27.5. The summed E-state index contributed by atoms with van der Waals surface area (Å²) in [6.07, 6.45) is 9.85. The summed E-state index contributed by atoms with van der Waals surface area (Å²) in [6, 6.07) is 5.68. The fourth-order valence-corrected chi connectivity index (χ4v) is 6.12. The zero-order valence-corrected chi connectivity index (χ0v) is 18.3. The van der Waals surface area contributed by atoms with Gasteiger partial charge in [0.2, 0.25) is 0 Å². The zero-order chi connectivity index (χ0) is 18.8. The number of hydrogen-bond donors (Lipinski definition) is 0. The van der Waals surface area contributed by atoms with Gasteiger partial charge in [-0.1, -0.05) is 35.2 Å². The highest BCUT2D eigenvalue weighted by atomic mass is 79.9. The summed E-state index contributed by atoms with van der Waals surface area (Å²) < 4.78 is 12.1. The highest BCUT2D eigenvalue weighted by Gasteiger charge is 2.43. The lowest BCUT2D eigenvalue weighted by Crippen LogP contribution is -2.59. The zero-order valence-electron chi connectivity index (χ0n) is 16.8. The van der Waals surface area contributed by atoms with Crippen LogP contribution in [0, 0.1) is 5.92 Å². The van der Waals surface area contributed by atoms with Crippen LogP contribution in [0.1, 0.15) is 50.5 Å². The van der Waals surface area contributed by atoms with Gasteiger partial charge in [0.05, 0.1) is 14.2 Å². The summed E-state index contributed by atoms with van der Waals surface area (Å²) in [4.78, 5) is 5.56. The van der Waals surface area contributed by atoms with Crippen LogP contribution in [0.4, 0.5) is 0 Å². The Morgan fingerprint density at radius 3 is 2.41 bits per heavy atom. The molecule has 0 radical (unpaired) electrons. The average molecular weight is 437 g/mol. The van der Waals surface area contributed by atoms with Gasteiger partial charge in [-0.15, -0.1) is 0 Å². The molecule has 150 valence electrons. The Morgan fingerprint density at radius 1 is 0.926 bits per heavy atom. The predicted octanol–water partition coefficient (Wildman–Crippen LogP) is 4.70. The first-order valence-corrected chi connectivity index (χ1v) is 11.4. The van der Waals surface area contributed by atoms with Crippen molar-refractivity contribution in [3.63, 3.8) is 0 Å². The van der Waals surface area contributed by atoms with Gasteiger partial charge in [0, 0.05) is 36.2 Å². The van der Waals surface area contributed by atoms with Gasteiger partial charge in [-0.3, -0.25) is 9.80 Å². The Hall–Kier alpha value is -0.780. The van der Waals surface area contributed by atoms with E-state index in [1.165, 1.54) is 70.1 Å². The summed E-state index contributed by atoms with van der Waals surface area (Å²) in [5.41, 5.74) is 1.31. The molecule has 1 aromatic carbocycles. The minimum Gasteiger partial charge on any atom is -0.493 e. The molecule has 0 bridgehead atoms. The molecule has 0 unspecified atom stereocenters. The SMILES string of the molecule is COc1cc(Br)c(CN2CCN3CCC[C@H]3[C@@H]2C2CCCCC2)cc1OC. The summed E-state index contributed by atoms with van der Waals surface area (Å²) in [5.74, 6) is 2.48. The van der Waals surface area contributed by atoms with E-state index in [9.17, 15) is 0 Å². The largest absolute Gasteiger partial charge is 0.493 e. The van der Waals surface area contributed by atoms with Crippen molar-refractivity contribution in [2.45, 2.75) is 63.6 Å². The molecule has 2 heterocycles. The summed E-state index contributed by atoms with van der Waals surface area (Å²) >= 11 is 3.78. The molecule has 0 aromatic heterocycles. The lowest BCUT2D eigenvalue weighted by molar-refractivity contribution is -0.00393. The first-order chi connectivity index (χ1) is 13.2. The Morgan fingerprint density at radius 2 is 1.67 bits per heavy atom. The van der Waals surface area contributed by atoms with E-state index in [-0.39, 0.29) is 0 Å². The number of benzene rings is 1. The Kier molecular flexibility index (Phi) is 6.30. The second-order valence-corrected chi connectivity index (χ2v) is 9.26. The van der Waals surface area contributed by atoms with Crippen molar-refractivity contribution in [1.82, 2.24) is 9.80 Å². The van der Waals surface area contributed by atoms with Crippen molar-refractivity contribution in [1.29, 1.82) is 0 Å². The van der Waals surface area contributed by atoms with E-state index in [1.807, 2.05) is 0 Å². The smallest absolute Gasteiger partial charge is 0.161 e. The number of fused-ring (bicyclic) bond motifs is 1. The maximum absolute atomic E-state index is 5.56. The van der Waals surface area contributed by atoms with Crippen LogP contribution < -0.4 is 9.47 Å². The molecule has 3 aliphatic rings. The number of hydrogen-bond acceptors (Lipinski definition) is 4. The molecule has 2 aliphatic heterocycles. The standard InChI is InChI=1S/C22H33BrN2O2/c1-26-20-13-17(18(23)14-21(20)27-2)15-25-12-11-24-10-6-9-19(24)22(25)16-7-4-3-5-8-16/h13-14,16,19,22H,3-12,15H2,1-2H3/t19-,22-/m0/s1. The predicted molar refractivity (Wildman–Crippen MR) is 113 cm³/mol. The number of rotatable bonds is 5. The molecule has 1 aromatic rings. The molecule has 5 heteroatoms. The summed E-state index contributed by atoms with van der Waals surface area (Å²) in [7, 11) is 3.42. The van der Waals surface area contributed by atoms with Crippen LogP contribution in [0.15, 0.2) is 16.6 Å². The van der Waals surface area contributed by atoms with Gasteiger partial charge in [0.25, 0.3) is 0 Å². The van der Waals surface area contributed by atoms with E-state index in [4.69, 9.17) is 9.47 Å². The molecular weight excluding hydrogens is 404 g/mol. The number of piperazine rings is 1. The van der Waals surface area contributed by atoms with Crippen LogP contribution >= 0.6 is 15.9 Å². The number of halogens is 1. The highest BCUT2D eigenvalue weighted by molar-refractivity contribution is 9.10. The van der Waals surface area contributed by atoms with Crippen LogP contribution in [0.2, 0.25) is 0 Å². The fraction of sp³-hybridized carbons (Fsp3) is 0.727. The monoisotopic (exact) mass is 436 g/mol. The van der Waals surface area contributed by atoms with Crippen molar-refractivity contribution in [3.8, 4) is 11.5 Å². The maximum atomic E-state index is 5.56. The second kappa shape index (κ2) is 8.71. The van der Waals surface area contributed by atoms with Crippen LogP contribution in [0.5, 0.6) is 11.5 Å². The molecule has 4 nitrogen and oxygen atoms in total. The van der Waals surface area contributed by atoms with Crippen molar-refractivity contribution in [2.24, 2.45) is 5.92 Å². The molecule has 0 amide bonds.